The highest BCUT2D eigenvalue weighted by Crippen LogP contribution is 2.43. The second-order valence-electron chi connectivity index (χ2n) is 4.06. The largest absolute Gasteiger partial charge is 0.481 e. The third-order valence-electron chi connectivity index (χ3n) is 2.92. The summed E-state index contributed by atoms with van der Waals surface area (Å²) in [6, 6.07) is 0. The summed E-state index contributed by atoms with van der Waals surface area (Å²) in [4.78, 5) is 10.6. The van der Waals surface area contributed by atoms with Crippen molar-refractivity contribution < 1.29 is 24.5 Å². The van der Waals surface area contributed by atoms with Gasteiger partial charge in [-0.3, -0.25) is 4.79 Å². The van der Waals surface area contributed by atoms with Crippen LogP contribution in [0.2, 0.25) is 0 Å². The Morgan fingerprint density at radius 2 is 2.33 bits per heavy atom. The summed E-state index contributed by atoms with van der Waals surface area (Å²) in [6.07, 6.45) is 0.178. The molecule has 4 atom stereocenters. The van der Waals surface area contributed by atoms with Crippen molar-refractivity contribution in [3.8, 4) is 0 Å². The van der Waals surface area contributed by atoms with Crippen LogP contribution in [0.3, 0.4) is 0 Å². The van der Waals surface area contributed by atoms with Gasteiger partial charge in [-0.15, -0.1) is 6.58 Å². The molecule has 2 heterocycles. The molecule has 2 N–H and O–H groups in total. The van der Waals surface area contributed by atoms with E-state index in [1.54, 1.807) is 0 Å². The first-order chi connectivity index (χ1) is 7.07. The minimum Gasteiger partial charge on any atom is -0.481 e. The monoisotopic (exact) mass is 214 g/mol. The van der Waals surface area contributed by atoms with Crippen LogP contribution in [0.25, 0.3) is 0 Å². The molecule has 2 fully saturated rings. The van der Waals surface area contributed by atoms with Gasteiger partial charge in [-0.2, -0.15) is 0 Å². The minimum atomic E-state index is -0.907. The topological polar surface area (TPSA) is 79.3 Å². The average Bonchev–Trinajstić information content (AvgIpc) is 2.91. The lowest BCUT2D eigenvalue weighted by Crippen LogP contribution is -2.50. The fourth-order valence-corrected chi connectivity index (χ4v) is 2.03. The fraction of sp³-hybridized carbons (Fsp3) is 0.700. The first-order valence-corrected chi connectivity index (χ1v) is 4.89. The molecule has 0 radical (unpaired) electrons. The van der Waals surface area contributed by atoms with E-state index in [1.165, 1.54) is 6.08 Å². The number of aliphatic hydroxyl groups is 1. The third-order valence-corrected chi connectivity index (χ3v) is 2.92. The Morgan fingerprint density at radius 3 is 2.80 bits per heavy atom. The molecule has 2 saturated heterocycles. The summed E-state index contributed by atoms with van der Waals surface area (Å²) in [7, 11) is 0. The summed E-state index contributed by atoms with van der Waals surface area (Å²) < 4.78 is 10.6. The summed E-state index contributed by atoms with van der Waals surface area (Å²) >= 11 is 0. The van der Waals surface area contributed by atoms with Crippen LogP contribution < -0.4 is 0 Å². The predicted octanol–water partition coefficient (Wildman–Crippen LogP) is -0.0655. The highest BCUT2D eigenvalue weighted by molar-refractivity contribution is 5.67. The van der Waals surface area contributed by atoms with Gasteiger partial charge < -0.3 is 19.7 Å². The van der Waals surface area contributed by atoms with Gasteiger partial charge in [0.1, 0.15) is 17.8 Å². The second-order valence-corrected chi connectivity index (χ2v) is 4.06. The van der Waals surface area contributed by atoms with Crippen molar-refractivity contribution in [2.75, 3.05) is 6.61 Å². The van der Waals surface area contributed by atoms with Crippen LogP contribution in [0.1, 0.15) is 12.8 Å². The van der Waals surface area contributed by atoms with Crippen molar-refractivity contribution >= 4 is 5.97 Å². The molecule has 0 aromatic carbocycles. The van der Waals surface area contributed by atoms with Crippen LogP contribution in [0.15, 0.2) is 12.7 Å². The van der Waals surface area contributed by atoms with E-state index in [2.05, 4.69) is 6.58 Å². The molecular formula is C10H14O5. The molecule has 2 aliphatic rings. The Hall–Kier alpha value is -0.910. The van der Waals surface area contributed by atoms with Gasteiger partial charge in [0.05, 0.1) is 19.1 Å². The molecule has 2 aliphatic heterocycles. The Balaban J connectivity index is 2.06. The number of carboxylic acid groups (broad SMARTS) is 1. The molecule has 5 heteroatoms. The average molecular weight is 214 g/mol. The zero-order valence-electron chi connectivity index (χ0n) is 8.26. The number of epoxide rings is 1. The van der Waals surface area contributed by atoms with E-state index >= 15 is 0 Å². The Labute approximate surface area is 87.3 Å². The van der Waals surface area contributed by atoms with Gasteiger partial charge in [-0.05, 0) is 0 Å². The lowest BCUT2D eigenvalue weighted by atomic mass is 9.88. The molecule has 1 spiro atoms. The maximum absolute atomic E-state index is 10.6. The SMILES string of the molecule is C=C[C@H]1O[C@H](CC(=O)O)C[C@@]2(CO2)[C@@H]1O. The van der Waals surface area contributed by atoms with Crippen LogP contribution in [0, 0.1) is 0 Å². The van der Waals surface area contributed by atoms with Crippen molar-refractivity contribution in [2.45, 2.75) is 36.8 Å². The van der Waals surface area contributed by atoms with E-state index in [0.29, 0.717) is 13.0 Å². The molecule has 0 unspecified atom stereocenters. The maximum atomic E-state index is 10.6. The normalized spacial score (nSPS) is 43.9. The van der Waals surface area contributed by atoms with Gasteiger partial charge in [0.25, 0.3) is 0 Å². The van der Waals surface area contributed by atoms with Crippen LogP contribution in [-0.2, 0) is 14.3 Å². The Bertz CT molecular complexity index is 284. The lowest BCUT2D eigenvalue weighted by molar-refractivity contribution is -0.155. The number of aliphatic carboxylic acids is 1. The van der Waals surface area contributed by atoms with Gasteiger partial charge in [-0.25, -0.2) is 0 Å². The van der Waals surface area contributed by atoms with Crippen LogP contribution in [0.5, 0.6) is 0 Å². The smallest absolute Gasteiger partial charge is 0.305 e. The molecule has 2 rings (SSSR count). The van der Waals surface area contributed by atoms with Crippen LogP contribution >= 0.6 is 0 Å². The van der Waals surface area contributed by atoms with Crippen molar-refractivity contribution in [3.63, 3.8) is 0 Å². The van der Waals surface area contributed by atoms with E-state index in [4.69, 9.17) is 14.6 Å². The number of rotatable bonds is 3. The number of ether oxygens (including phenoxy) is 2. The van der Waals surface area contributed by atoms with Crippen LogP contribution in [-0.4, -0.2) is 46.7 Å². The van der Waals surface area contributed by atoms with Crippen molar-refractivity contribution in [1.29, 1.82) is 0 Å². The van der Waals surface area contributed by atoms with E-state index in [0.717, 1.165) is 0 Å². The van der Waals surface area contributed by atoms with Gasteiger partial charge in [0, 0.05) is 6.42 Å². The number of hydrogen-bond acceptors (Lipinski definition) is 4. The lowest BCUT2D eigenvalue weighted by Gasteiger charge is -2.36. The zero-order chi connectivity index (χ0) is 11.1. The third kappa shape index (κ3) is 1.90. The van der Waals surface area contributed by atoms with Crippen molar-refractivity contribution in [3.05, 3.63) is 12.7 Å². The number of aliphatic hydroxyl groups excluding tert-OH is 1. The van der Waals surface area contributed by atoms with Gasteiger partial charge in [0.15, 0.2) is 0 Å². The van der Waals surface area contributed by atoms with E-state index in [9.17, 15) is 9.90 Å². The molecule has 0 bridgehead atoms. The van der Waals surface area contributed by atoms with E-state index < -0.39 is 29.9 Å². The van der Waals surface area contributed by atoms with Crippen LogP contribution in [0.4, 0.5) is 0 Å². The summed E-state index contributed by atoms with van der Waals surface area (Å²) in [5, 5.41) is 18.5. The van der Waals surface area contributed by atoms with Crippen molar-refractivity contribution in [2.24, 2.45) is 0 Å². The Kier molecular flexibility index (Phi) is 2.54. The maximum Gasteiger partial charge on any atom is 0.305 e. The molecule has 84 valence electrons. The van der Waals surface area contributed by atoms with E-state index in [1.807, 2.05) is 0 Å². The quantitative estimate of drug-likeness (QED) is 0.508. The Morgan fingerprint density at radius 1 is 1.67 bits per heavy atom. The highest BCUT2D eigenvalue weighted by Gasteiger charge is 2.58. The molecule has 5 nitrogen and oxygen atoms in total. The van der Waals surface area contributed by atoms with E-state index in [-0.39, 0.29) is 6.42 Å². The number of carbonyl (C=O) groups is 1. The summed E-state index contributed by atoms with van der Waals surface area (Å²) in [5.74, 6) is -0.907. The summed E-state index contributed by atoms with van der Waals surface area (Å²) in [5.41, 5.74) is -0.586. The number of carboxylic acids is 1. The van der Waals surface area contributed by atoms with Gasteiger partial charge >= 0.3 is 5.97 Å². The zero-order valence-corrected chi connectivity index (χ0v) is 8.26. The molecule has 0 aliphatic carbocycles. The van der Waals surface area contributed by atoms with Gasteiger partial charge in [0.2, 0.25) is 0 Å². The number of hydrogen-bond donors (Lipinski definition) is 2. The standard InChI is InChI=1S/C10H14O5/c1-2-7-9(13)10(5-14-10)4-6(15-7)3-8(11)12/h2,6-7,9,13H,1,3-5H2,(H,11,12)/t6-,7-,9-,10-/m1/s1. The molecular weight excluding hydrogens is 200 g/mol. The van der Waals surface area contributed by atoms with Gasteiger partial charge in [-0.1, -0.05) is 6.08 Å². The van der Waals surface area contributed by atoms with Crippen molar-refractivity contribution in [1.82, 2.24) is 0 Å². The fourth-order valence-electron chi connectivity index (χ4n) is 2.03. The molecule has 0 aromatic heterocycles. The highest BCUT2D eigenvalue weighted by atomic mass is 16.6. The predicted molar refractivity (Wildman–Crippen MR) is 50.4 cm³/mol. The molecule has 0 aromatic rings. The molecule has 15 heavy (non-hydrogen) atoms. The second kappa shape index (κ2) is 3.59. The minimum absolute atomic E-state index is 0.0673. The first kappa shape index (κ1) is 10.6. The molecule has 0 saturated carbocycles. The summed E-state index contributed by atoms with van der Waals surface area (Å²) in [6.45, 7) is 4.02. The first-order valence-electron chi connectivity index (χ1n) is 4.89. The molecule has 0 amide bonds.